The number of hydrogen-bond acceptors (Lipinski definition) is 1. The van der Waals surface area contributed by atoms with Crippen molar-refractivity contribution in [2.45, 2.75) is 6.16 Å². The van der Waals surface area contributed by atoms with Gasteiger partial charge in [0.2, 0.25) is 0 Å². The van der Waals surface area contributed by atoms with E-state index in [1.165, 1.54) is 5.69 Å². The Hall–Kier alpha value is -1.66. The minimum Gasteiger partial charge on any atom is -0.296 e. The average molecular weight is 240 g/mol. The van der Waals surface area contributed by atoms with Gasteiger partial charge >= 0.3 is 0 Å². The number of benzene rings is 2. The van der Waals surface area contributed by atoms with Crippen molar-refractivity contribution in [3.05, 3.63) is 60.4 Å². The fourth-order valence-electron chi connectivity index (χ4n) is 2.08. The van der Waals surface area contributed by atoms with Crippen LogP contribution in [0, 0.1) is 0 Å². The summed E-state index contributed by atoms with van der Waals surface area (Å²) in [6.07, 6.45) is 0.851. The van der Waals surface area contributed by atoms with Crippen molar-refractivity contribution >= 4 is 20.3 Å². The Balaban J connectivity index is 2.34. The summed E-state index contributed by atoms with van der Waals surface area (Å²) in [5.74, 6) is 1.07. The highest BCUT2D eigenvalue weighted by Crippen LogP contribution is 2.22. The molecule has 1 atom stereocenters. The van der Waals surface area contributed by atoms with Gasteiger partial charge in [0.15, 0.2) is 0 Å². The Morgan fingerprint density at radius 1 is 0.941 bits per heavy atom. The first-order valence-electron chi connectivity index (χ1n) is 5.62. The molecular weight excluding hydrogens is 227 g/mol. The fraction of sp³-hybridized carbons (Fsp3) is 0.0714. The normalized spacial score (nSPS) is 10.9. The summed E-state index contributed by atoms with van der Waals surface area (Å²) < 4.78 is 2.21. The van der Waals surface area contributed by atoms with Gasteiger partial charge in [0.1, 0.15) is 5.82 Å². The quantitative estimate of drug-likeness (QED) is 0.628. The van der Waals surface area contributed by atoms with E-state index in [2.05, 4.69) is 61.3 Å². The maximum Gasteiger partial charge on any atom is 0.118 e. The molecule has 0 fully saturated rings. The molecule has 0 saturated heterocycles. The van der Waals surface area contributed by atoms with Gasteiger partial charge in [0, 0.05) is 11.8 Å². The summed E-state index contributed by atoms with van der Waals surface area (Å²) in [6.45, 7) is 0. The van der Waals surface area contributed by atoms with E-state index in [0.717, 1.165) is 23.0 Å². The first kappa shape index (κ1) is 10.5. The van der Waals surface area contributed by atoms with Crippen LogP contribution in [0.3, 0.4) is 0 Å². The monoisotopic (exact) mass is 240 g/mol. The molecule has 0 amide bonds. The summed E-state index contributed by atoms with van der Waals surface area (Å²) in [4.78, 5) is 4.65. The molecule has 84 valence electrons. The Kier molecular flexibility index (Phi) is 2.66. The van der Waals surface area contributed by atoms with Crippen molar-refractivity contribution in [2.75, 3.05) is 0 Å². The second-order valence-electron chi connectivity index (χ2n) is 3.89. The van der Waals surface area contributed by atoms with E-state index in [4.69, 9.17) is 0 Å². The fourth-order valence-corrected chi connectivity index (χ4v) is 2.35. The molecule has 0 aliphatic heterocycles. The summed E-state index contributed by atoms with van der Waals surface area (Å²) >= 11 is 0. The molecule has 3 aromatic rings. The van der Waals surface area contributed by atoms with Gasteiger partial charge in [0.25, 0.3) is 0 Å². The smallest absolute Gasteiger partial charge is 0.118 e. The summed E-state index contributed by atoms with van der Waals surface area (Å²) in [5.41, 5.74) is 3.38. The molecule has 0 spiro atoms. The SMILES string of the molecule is PCc1nc2ccccc2n1-c1ccccc1. The molecule has 0 radical (unpaired) electrons. The van der Waals surface area contributed by atoms with Crippen LogP contribution in [0.4, 0.5) is 0 Å². The van der Waals surface area contributed by atoms with Gasteiger partial charge in [-0.2, -0.15) is 0 Å². The molecule has 1 unspecified atom stereocenters. The molecule has 2 nitrogen and oxygen atoms in total. The first-order valence-corrected chi connectivity index (χ1v) is 6.43. The molecular formula is C14H13N2P. The minimum absolute atomic E-state index is 0.851. The summed E-state index contributed by atoms with van der Waals surface area (Å²) in [6, 6.07) is 18.6. The molecule has 0 bridgehead atoms. The van der Waals surface area contributed by atoms with E-state index in [1.54, 1.807) is 0 Å². The minimum atomic E-state index is 0.851. The summed E-state index contributed by atoms with van der Waals surface area (Å²) in [5, 5.41) is 0. The number of rotatable bonds is 2. The van der Waals surface area contributed by atoms with Gasteiger partial charge in [-0.05, 0) is 24.3 Å². The third-order valence-corrected chi connectivity index (χ3v) is 3.19. The van der Waals surface area contributed by atoms with Crippen LogP contribution in [0.1, 0.15) is 5.82 Å². The molecule has 0 saturated carbocycles. The van der Waals surface area contributed by atoms with E-state index in [-0.39, 0.29) is 0 Å². The zero-order chi connectivity index (χ0) is 11.7. The Bertz CT molecular complexity index is 644. The van der Waals surface area contributed by atoms with Crippen molar-refractivity contribution in [1.29, 1.82) is 0 Å². The number of hydrogen-bond donors (Lipinski definition) is 0. The second-order valence-corrected chi connectivity index (χ2v) is 4.30. The summed E-state index contributed by atoms with van der Waals surface area (Å²) in [7, 11) is 2.74. The zero-order valence-electron chi connectivity index (χ0n) is 9.38. The van der Waals surface area contributed by atoms with Crippen molar-refractivity contribution in [3.63, 3.8) is 0 Å². The Morgan fingerprint density at radius 3 is 2.41 bits per heavy atom. The Labute approximate surface area is 103 Å². The van der Waals surface area contributed by atoms with Crippen LogP contribution >= 0.6 is 9.24 Å². The van der Waals surface area contributed by atoms with Gasteiger partial charge in [-0.1, -0.05) is 30.3 Å². The number of para-hydroxylation sites is 3. The molecule has 1 heterocycles. The van der Waals surface area contributed by atoms with Crippen molar-refractivity contribution in [1.82, 2.24) is 9.55 Å². The van der Waals surface area contributed by atoms with Gasteiger partial charge in [0.05, 0.1) is 11.0 Å². The van der Waals surface area contributed by atoms with Crippen molar-refractivity contribution in [3.8, 4) is 5.69 Å². The number of imidazole rings is 1. The van der Waals surface area contributed by atoms with Crippen LogP contribution < -0.4 is 0 Å². The lowest BCUT2D eigenvalue weighted by Gasteiger charge is -2.07. The molecule has 3 heteroatoms. The Morgan fingerprint density at radius 2 is 1.65 bits per heavy atom. The third-order valence-electron chi connectivity index (χ3n) is 2.83. The highest BCUT2D eigenvalue weighted by Gasteiger charge is 2.09. The predicted molar refractivity (Wildman–Crippen MR) is 74.5 cm³/mol. The molecule has 0 aliphatic carbocycles. The zero-order valence-corrected chi connectivity index (χ0v) is 10.5. The van der Waals surface area contributed by atoms with Gasteiger partial charge in [-0.3, -0.25) is 4.57 Å². The van der Waals surface area contributed by atoms with E-state index >= 15 is 0 Å². The molecule has 3 rings (SSSR count). The standard InChI is InChI=1S/C14H13N2P/c17-10-14-15-12-8-4-5-9-13(12)16(14)11-6-2-1-3-7-11/h1-9H,10,17H2. The van der Waals surface area contributed by atoms with E-state index in [9.17, 15) is 0 Å². The molecule has 17 heavy (non-hydrogen) atoms. The van der Waals surface area contributed by atoms with Crippen LogP contribution in [0.25, 0.3) is 16.7 Å². The van der Waals surface area contributed by atoms with Gasteiger partial charge in [-0.25, -0.2) is 4.98 Å². The van der Waals surface area contributed by atoms with Crippen molar-refractivity contribution < 1.29 is 0 Å². The molecule has 0 aliphatic rings. The van der Waals surface area contributed by atoms with Crippen LogP contribution in [0.2, 0.25) is 0 Å². The van der Waals surface area contributed by atoms with E-state index in [1.807, 2.05) is 12.1 Å². The van der Waals surface area contributed by atoms with Crippen LogP contribution in [-0.2, 0) is 6.16 Å². The van der Waals surface area contributed by atoms with Crippen LogP contribution in [0.15, 0.2) is 54.6 Å². The van der Waals surface area contributed by atoms with E-state index < -0.39 is 0 Å². The van der Waals surface area contributed by atoms with Crippen molar-refractivity contribution in [2.24, 2.45) is 0 Å². The first-order chi connectivity index (χ1) is 8.40. The second kappa shape index (κ2) is 4.31. The molecule has 2 aromatic carbocycles. The maximum atomic E-state index is 4.65. The number of fused-ring (bicyclic) bond motifs is 1. The molecule has 1 aromatic heterocycles. The lowest BCUT2D eigenvalue weighted by Crippen LogP contribution is -1.98. The van der Waals surface area contributed by atoms with E-state index in [0.29, 0.717) is 0 Å². The largest absolute Gasteiger partial charge is 0.296 e. The average Bonchev–Trinajstić information content (AvgIpc) is 2.78. The third kappa shape index (κ3) is 1.75. The van der Waals surface area contributed by atoms with Gasteiger partial charge in [-0.15, -0.1) is 9.24 Å². The van der Waals surface area contributed by atoms with Crippen LogP contribution in [-0.4, -0.2) is 9.55 Å². The highest BCUT2D eigenvalue weighted by molar-refractivity contribution is 7.15. The maximum absolute atomic E-state index is 4.65. The highest BCUT2D eigenvalue weighted by atomic mass is 31.0. The lowest BCUT2D eigenvalue weighted by atomic mass is 10.3. The lowest BCUT2D eigenvalue weighted by molar-refractivity contribution is 0.986. The predicted octanol–water partition coefficient (Wildman–Crippen LogP) is 3.40. The molecule has 0 N–H and O–H groups in total. The topological polar surface area (TPSA) is 17.8 Å². The van der Waals surface area contributed by atoms with Gasteiger partial charge < -0.3 is 0 Å². The number of nitrogens with zero attached hydrogens (tertiary/aromatic N) is 2. The number of aromatic nitrogens is 2. The van der Waals surface area contributed by atoms with Crippen LogP contribution in [0.5, 0.6) is 0 Å².